The zero-order valence-corrected chi connectivity index (χ0v) is 19.9. The number of phenols is 1. The topological polar surface area (TPSA) is 156 Å². The molecule has 12 heteroatoms. The van der Waals surface area contributed by atoms with Gasteiger partial charge in [0.05, 0.1) is 38.8 Å². The maximum absolute atomic E-state index is 12.8. The minimum Gasteiger partial charge on any atom is -0.502 e. The van der Waals surface area contributed by atoms with E-state index in [1.165, 1.54) is 46.5 Å². The number of phenolic OH excluding ortho intramolecular Hbond substituents is 1. The molecule has 0 saturated carbocycles. The Morgan fingerprint density at radius 3 is 2.22 bits per heavy atom. The van der Waals surface area contributed by atoms with E-state index >= 15 is 0 Å². The first-order valence-corrected chi connectivity index (χ1v) is 10.8. The third-order valence-corrected chi connectivity index (χ3v) is 5.82. The summed E-state index contributed by atoms with van der Waals surface area (Å²) in [5.41, 5.74) is -1.24. The van der Waals surface area contributed by atoms with E-state index in [2.05, 4.69) is 10.1 Å². The van der Waals surface area contributed by atoms with Crippen LogP contribution in [0.4, 0.5) is 0 Å². The molecule has 0 bridgehead atoms. The number of hydrazone groups is 1. The average molecular weight is 496 g/mol. The molecule has 12 nitrogen and oxygen atoms in total. The second kappa shape index (κ2) is 9.49. The summed E-state index contributed by atoms with van der Waals surface area (Å²) >= 11 is 0. The van der Waals surface area contributed by atoms with Crippen molar-refractivity contribution in [3.8, 4) is 34.6 Å². The standard InChI is InChI=1S/C24H24N4O8/c1-12(29)28-16(13-9-18(35-3)21(30)19(10-13)36-4)11-14(26-28)20-22(31)25-24(33)27(23(20)32)15-7-5-6-8-17(15)34-2/h5-10,16,30,32H,11H2,1-4H3,(H,25,31,33)/t16-/m0/s1. The number of H-pyrrole nitrogens is 1. The molecule has 1 aliphatic heterocycles. The molecular weight excluding hydrogens is 472 g/mol. The van der Waals surface area contributed by atoms with E-state index in [0.29, 0.717) is 5.56 Å². The number of hydrogen-bond acceptors (Lipinski definition) is 9. The zero-order valence-electron chi connectivity index (χ0n) is 19.9. The molecule has 36 heavy (non-hydrogen) atoms. The lowest BCUT2D eigenvalue weighted by Crippen LogP contribution is -2.33. The predicted octanol–water partition coefficient (Wildman–Crippen LogP) is 1.66. The van der Waals surface area contributed by atoms with Crippen LogP contribution in [-0.4, -0.2) is 57.7 Å². The number of ether oxygens (including phenoxy) is 3. The molecule has 4 rings (SSSR count). The maximum Gasteiger partial charge on any atom is 0.335 e. The number of para-hydroxylation sites is 2. The molecule has 0 radical (unpaired) electrons. The highest BCUT2D eigenvalue weighted by atomic mass is 16.5. The van der Waals surface area contributed by atoms with Crippen LogP contribution in [0.15, 0.2) is 51.1 Å². The van der Waals surface area contributed by atoms with Crippen LogP contribution in [-0.2, 0) is 4.79 Å². The van der Waals surface area contributed by atoms with E-state index < -0.39 is 29.1 Å². The normalized spacial score (nSPS) is 14.9. The number of rotatable bonds is 6. The summed E-state index contributed by atoms with van der Waals surface area (Å²) in [6.45, 7) is 1.30. The van der Waals surface area contributed by atoms with Crippen LogP contribution >= 0.6 is 0 Å². The number of methoxy groups -OCH3 is 3. The number of nitrogens with one attached hydrogen (secondary N) is 1. The summed E-state index contributed by atoms with van der Waals surface area (Å²) < 4.78 is 16.6. The summed E-state index contributed by atoms with van der Waals surface area (Å²) in [4.78, 5) is 40.2. The van der Waals surface area contributed by atoms with E-state index in [-0.39, 0.29) is 46.4 Å². The van der Waals surface area contributed by atoms with Gasteiger partial charge >= 0.3 is 5.69 Å². The van der Waals surface area contributed by atoms with E-state index in [0.717, 1.165) is 9.58 Å². The van der Waals surface area contributed by atoms with Gasteiger partial charge in [0.2, 0.25) is 17.5 Å². The van der Waals surface area contributed by atoms with Crippen LogP contribution in [0.2, 0.25) is 0 Å². The van der Waals surface area contributed by atoms with Crippen LogP contribution in [0.5, 0.6) is 28.9 Å². The van der Waals surface area contributed by atoms with Gasteiger partial charge in [-0.1, -0.05) is 12.1 Å². The highest BCUT2D eigenvalue weighted by molar-refractivity contribution is 6.04. The Hall–Kier alpha value is -4.74. The molecule has 0 fully saturated rings. The molecule has 1 atom stereocenters. The first-order chi connectivity index (χ1) is 17.2. The lowest BCUT2D eigenvalue weighted by atomic mass is 9.98. The summed E-state index contributed by atoms with van der Waals surface area (Å²) in [6.07, 6.45) is 0.0113. The molecule has 188 valence electrons. The Morgan fingerprint density at radius 1 is 1.03 bits per heavy atom. The fourth-order valence-electron chi connectivity index (χ4n) is 4.14. The van der Waals surface area contributed by atoms with Crippen molar-refractivity contribution in [2.75, 3.05) is 21.3 Å². The highest BCUT2D eigenvalue weighted by Crippen LogP contribution is 2.42. The Kier molecular flexibility index (Phi) is 6.43. The quantitative estimate of drug-likeness (QED) is 0.465. The van der Waals surface area contributed by atoms with Crippen molar-refractivity contribution in [2.45, 2.75) is 19.4 Å². The minimum absolute atomic E-state index is 0.0113. The summed E-state index contributed by atoms with van der Waals surface area (Å²) in [6, 6.07) is 8.80. The third-order valence-electron chi connectivity index (χ3n) is 5.82. The molecule has 1 amide bonds. The van der Waals surface area contributed by atoms with Crippen molar-refractivity contribution in [1.82, 2.24) is 14.6 Å². The third kappa shape index (κ3) is 4.02. The van der Waals surface area contributed by atoms with Gasteiger partial charge in [-0.05, 0) is 29.8 Å². The van der Waals surface area contributed by atoms with Crippen LogP contribution in [0.1, 0.15) is 30.5 Å². The number of aromatic nitrogens is 2. The largest absolute Gasteiger partial charge is 0.502 e. The number of amides is 1. The first-order valence-electron chi connectivity index (χ1n) is 10.8. The minimum atomic E-state index is -0.877. The summed E-state index contributed by atoms with van der Waals surface area (Å²) in [7, 11) is 4.15. The van der Waals surface area contributed by atoms with E-state index in [4.69, 9.17) is 14.2 Å². The molecule has 0 unspecified atom stereocenters. The van der Waals surface area contributed by atoms with Crippen molar-refractivity contribution in [2.24, 2.45) is 5.10 Å². The van der Waals surface area contributed by atoms with Gasteiger partial charge in [-0.15, -0.1) is 0 Å². The van der Waals surface area contributed by atoms with Crippen LogP contribution in [0, 0.1) is 0 Å². The number of benzene rings is 2. The van der Waals surface area contributed by atoms with Gasteiger partial charge in [-0.2, -0.15) is 5.10 Å². The molecule has 0 saturated heterocycles. The van der Waals surface area contributed by atoms with Crippen molar-refractivity contribution >= 4 is 11.6 Å². The number of nitrogens with zero attached hydrogens (tertiary/aromatic N) is 3. The number of carbonyl (C=O) groups is 1. The van der Waals surface area contributed by atoms with Crippen LogP contribution in [0.25, 0.3) is 5.69 Å². The smallest absolute Gasteiger partial charge is 0.335 e. The number of aromatic amines is 1. The van der Waals surface area contributed by atoms with Crippen molar-refractivity contribution in [3.05, 3.63) is 68.4 Å². The summed E-state index contributed by atoms with van der Waals surface area (Å²) in [5, 5.41) is 26.8. The number of carbonyl (C=O) groups excluding carboxylic acids is 1. The van der Waals surface area contributed by atoms with Crippen LogP contribution in [0.3, 0.4) is 0 Å². The van der Waals surface area contributed by atoms with Gasteiger partial charge < -0.3 is 24.4 Å². The SMILES string of the molecule is COc1ccccc1-n1c(O)c(C2=NN(C(C)=O)[C@H](c3cc(OC)c(O)c(OC)c3)C2)c(=O)[nH]c1=O. The Balaban J connectivity index is 1.86. The molecule has 0 aliphatic carbocycles. The van der Waals surface area contributed by atoms with E-state index in [9.17, 15) is 24.6 Å². The fraction of sp³-hybridized carbons (Fsp3) is 0.250. The van der Waals surface area contributed by atoms with Gasteiger partial charge in [0.1, 0.15) is 11.3 Å². The lowest BCUT2D eigenvalue weighted by Gasteiger charge is -2.22. The zero-order chi connectivity index (χ0) is 26.1. The van der Waals surface area contributed by atoms with E-state index in [1.807, 2.05) is 0 Å². The monoisotopic (exact) mass is 496 g/mol. The summed E-state index contributed by atoms with van der Waals surface area (Å²) in [5.74, 6) is -0.784. The van der Waals surface area contributed by atoms with E-state index in [1.54, 1.807) is 18.2 Å². The number of hydrogen-bond donors (Lipinski definition) is 3. The Morgan fingerprint density at radius 2 is 1.64 bits per heavy atom. The molecule has 3 N–H and O–H groups in total. The fourth-order valence-corrected chi connectivity index (χ4v) is 4.14. The molecule has 2 aromatic carbocycles. The molecule has 3 aromatic rings. The molecule has 0 spiro atoms. The molecular formula is C24H24N4O8. The second-order valence-corrected chi connectivity index (χ2v) is 7.87. The maximum atomic E-state index is 12.8. The van der Waals surface area contributed by atoms with Gasteiger partial charge in [0, 0.05) is 13.3 Å². The highest BCUT2D eigenvalue weighted by Gasteiger charge is 2.35. The average Bonchev–Trinajstić information content (AvgIpc) is 3.29. The van der Waals surface area contributed by atoms with Crippen molar-refractivity contribution in [1.29, 1.82) is 0 Å². The second-order valence-electron chi connectivity index (χ2n) is 7.87. The lowest BCUT2D eigenvalue weighted by molar-refractivity contribution is -0.130. The number of aromatic hydroxyl groups is 2. The van der Waals surface area contributed by atoms with Crippen molar-refractivity contribution in [3.63, 3.8) is 0 Å². The van der Waals surface area contributed by atoms with Crippen LogP contribution < -0.4 is 25.5 Å². The van der Waals surface area contributed by atoms with Gasteiger partial charge in [0.25, 0.3) is 5.56 Å². The molecule has 1 aromatic heterocycles. The van der Waals surface area contributed by atoms with Crippen molar-refractivity contribution < 1.29 is 29.2 Å². The Labute approximate surface area is 204 Å². The van der Waals surface area contributed by atoms with Gasteiger partial charge in [-0.25, -0.2) is 14.4 Å². The first kappa shape index (κ1) is 24.4. The predicted molar refractivity (Wildman–Crippen MR) is 129 cm³/mol. The molecule has 2 heterocycles. The Bertz CT molecular complexity index is 1470. The van der Waals surface area contributed by atoms with Gasteiger partial charge in [0.15, 0.2) is 11.5 Å². The molecule has 1 aliphatic rings. The van der Waals surface area contributed by atoms with Gasteiger partial charge in [-0.3, -0.25) is 14.6 Å².